The fourth-order valence-corrected chi connectivity index (χ4v) is 1.30. The zero-order valence-corrected chi connectivity index (χ0v) is 10.3. The molecule has 0 bridgehead atoms. The molecule has 0 saturated heterocycles. The Morgan fingerprint density at radius 3 is 2.74 bits per heavy atom. The van der Waals surface area contributed by atoms with Gasteiger partial charge in [0.2, 0.25) is 0 Å². The van der Waals surface area contributed by atoms with Crippen molar-refractivity contribution in [1.29, 1.82) is 0 Å². The molecule has 0 atom stereocenters. The summed E-state index contributed by atoms with van der Waals surface area (Å²) in [6.07, 6.45) is 1.28. The fraction of sp³-hybridized carbons (Fsp3) is 0.250. The van der Waals surface area contributed by atoms with Gasteiger partial charge in [-0.15, -0.1) is 0 Å². The van der Waals surface area contributed by atoms with Crippen LogP contribution in [-0.2, 0) is 4.79 Å². The van der Waals surface area contributed by atoms with Crippen LogP contribution in [0.3, 0.4) is 0 Å². The van der Waals surface area contributed by atoms with E-state index in [1.54, 1.807) is 0 Å². The molecule has 1 aromatic carbocycles. The highest BCUT2D eigenvalue weighted by atomic mass is 19.1. The lowest BCUT2D eigenvalue weighted by Gasteiger charge is -2.06. The Balaban J connectivity index is 2.86. The maximum atomic E-state index is 13.5. The van der Waals surface area contributed by atoms with Gasteiger partial charge in [0.05, 0.1) is 11.0 Å². The molecule has 0 aromatic heterocycles. The van der Waals surface area contributed by atoms with Gasteiger partial charge in [-0.2, -0.15) is 0 Å². The van der Waals surface area contributed by atoms with Crippen LogP contribution >= 0.6 is 0 Å². The van der Waals surface area contributed by atoms with E-state index in [0.29, 0.717) is 0 Å². The fourth-order valence-electron chi connectivity index (χ4n) is 1.30. The standard InChI is InChI=1S/C12H12FNO5/c1-7(12(15)16)3-4-19-11-5-8(2)10(14(17)18)6-9(11)13/h3,5-6H,4H2,1-2H3,(H,15,16)/b7-3-. The lowest BCUT2D eigenvalue weighted by Crippen LogP contribution is -2.02. The molecule has 0 aliphatic heterocycles. The van der Waals surface area contributed by atoms with Crippen LogP contribution in [0.15, 0.2) is 23.8 Å². The van der Waals surface area contributed by atoms with Gasteiger partial charge < -0.3 is 9.84 Å². The number of carbonyl (C=O) groups is 1. The summed E-state index contributed by atoms with van der Waals surface area (Å²) < 4.78 is 18.5. The van der Waals surface area contributed by atoms with Crippen molar-refractivity contribution in [3.05, 3.63) is 45.3 Å². The first-order valence-corrected chi connectivity index (χ1v) is 5.30. The number of hydrogen-bond acceptors (Lipinski definition) is 4. The summed E-state index contributed by atoms with van der Waals surface area (Å²) in [6, 6.07) is 1.98. The highest BCUT2D eigenvalue weighted by Gasteiger charge is 2.16. The maximum Gasteiger partial charge on any atom is 0.331 e. The van der Waals surface area contributed by atoms with E-state index in [-0.39, 0.29) is 29.2 Å². The van der Waals surface area contributed by atoms with Gasteiger partial charge in [0.25, 0.3) is 5.69 Å². The Morgan fingerprint density at radius 1 is 1.58 bits per heavy atom. The Bertz CT molecular complexity index is 553. The van der Waals surface area contributed by atoms with Gasteiger partial charge in [0.15, 0.2) is 11.6 Å². The maximum absolute atomic E-state index is 13.5. The van der Waals surface area contributed by atoms with Crippen LogP contribution in [0.25, 0.3) is 0 Å². The minimum atomic E-state index is -1.09. The number of hydrogen-bond donors (Lipinski definition) is 1. The van der Waals surface area contributed by atoms with E-state index in [0.717, 1.165) is 6.07 Å². The summed E-state index contributed by atoms with van der Waals surface area (Å²) in [4.78, 5) is 20.4. The zero-order valence-electron chi connectivity index (χ0n) is 10.3. The van der Waals surface area contributed by atoms with E-state index in [2.05, 4.69) is 0 Å². The van der Waals surface area contributed by atoms with E-state index < -0.39 is 16.7 Å². The molecule has 0 saturated carbocycles. The third-order valence-corrected chi connectivity index (χ3v) is 2.41. The second-order valence-electron chi connectivity index (χ2n) is 3.83. The third-order valence-electron chi connectivity index (χ3n) is 2.41. The number of aliphatic carboxylic acids is 1. The number of ether oxygens (including phenoxy) is 1. The average Bonchev–Trinajstić information content (AvgIpc) is 2.32. The van der Waals surface area contributed by atoms with Gasteiger partial charge in [-0.05, 0) is 26.0 Å². The van der Waals surface area contributed by atoms with Gasteiger partial charge in [0.1, 0.15) is 6.61 Å². The van der Waals surface area contributed by atoms with Crippen molar-refractivity contribution in [3.63, 3.8) is 0 Å². The average molecular weight is 269 g/mol. The van der Waals surface area contributed by atoms with Crippen molar-refractivity contribution in [2.24, 2.45) is 0 Å². The molecule has 0 amide bonds. The molecule has 7 heteroatoms. The highest BCUT2D eigenvalue weighted by Crippen LogP contribution is 2.26. The molecule has 0 unspecified atom stereocenters. The summed E-state index contributed by atoms with van der Waals surface area (Å²) in [5, 5.41) is 19.2. The minimum Gasteiger partial charge on any atom is -0.486 e. The van der Waals surface area contributed by atoms with Crippen LogP contribution in [0, 0.1) is 22.9 Å². The molecule has 19 heavy (non-hydrogen) atoms. The molecule has 102 valence electrons. The van der Waals surface area contributed by atoms with E-state index in [1.165, 1.54) is 26.0 Å². The molecule has 0 spiro atoms. The molecule has 0 fully saturated rings. The molecule has 1 aromatic rings. The van der Waals surface area contributed by atoms with E-state index in [9.17, 15) is 19.3 Å². The van der Waals surface area contributed by atoms with Crippen LogP contribution in [0.4, 0.5) is 10.1 Å². The van der Waals surface area contributed by atoms with Crippen molar-refractivity contribution in [3.8, 4) is 5.75 Å². The molecule has 0 aliphatic rings. The molecule has 0 radical (unpaired) electrons. The second-order valence-corrected chi connectivity index (χ2v) is 3.83. The summed E-state index contributed by atoms with van der Waals surface area (Å²) in [5.74, 6) is -2.11. The number of nitro groups is 1. The van der Waals surface area contributed by atoms with Gasteiger partial charge in [0, 0.05) is 11.1 Å². The molecule has 6 nitrogen and oxygen atoms in total. The van der Waals surface area contributed by atoms with Crippen molar-refractivity contribution in [2.45, 2.75) is 13.8 Å². The van der Waals surface area contributed by atoms with E-state index in [1.807, 2.05) is 0 Å². The molecule has 1 rings (SSSR count). The lowest BCUT2D eigenvalue weighted by molar-refractivity contribution is -0.385. The molecular weight excluding hydrogens is 257 g/mol. The SMILES string of the molecule is C/C(=C/COc1cc(C)c([N+](=O)[O-])cc1F)C(=O)O. The summed E-state index contributed by atoms with van der Waals surface area (Å²) in [7, 11) is 0. The zero-order chi connectivity index (χ0) is 14.6. The molecule has 0 heterocycles. The summed E-state index contributed by atoms with van der Waals surface area (Å²) in [6.45, 7) is 2.71. The van der Waals surface area contributed by atoms with Crippen LogP contribution in [0.2, 0.25) is 0 Å². The first-order valence-electron chi connectivity index (χ1n) is 5.30. The number of benzene rings is 1. The Kier molecular flexibility index (Phi) is 4.57. The number of rotatable bonds is 5. The van der Waals surface area contributed by atoms with Gasteiger partial charge >= 0.3 is 5.97 Å². The third kappa shape index (κ3) is 3.77. The van der Waals surface area contributed by atoms with Gasteiger partial charge in [-0.25, -0.2) is 9.18 Å². The Hall–Kier alpha value is -2.44. The quantitative estimate of drug-likeness (QED) is 0.503. The number of carboxylic acids is 1. The van der Waals surface area contributed by atoms with Crippen molar-refractivity contribution >= 4 is 11.7 Å². The predicted octanol–water partition coefficient (Wildman–Crippen LogP) is 2.45. The van der Waals surface area contributed by atoms with E-state index in [4.69, 9.17) is 9.84 Å². The normalized spacial score (nSPS) is 11.2. The summed E-state index contributed by atoms with van der Waals surface area (Å²) >= 11 is 0. The van der Waals surface area contributed by atoms with Crippen molar-refractivity contribution < 1.29 is 24.0 Å². The van der Waals surface area contributed by atoms with Crippen molar-refractivity contribution in [1.82, 2.24) is 0 Å². The molecular formula is C12H12FNO5. The van der Waals surface area contributed by atoms with Crippen molar-refractivity contribution in [2.75, 3.05) is 6.61 Å². The number of halogens is 1. The first-order chi connectivity index (χ1) is 8.82. The Morgan fingerprint density at radius 2 is 2.21 bits per heavy atom. The lowest BCUT2D eigenvalue weighted by atomic mass is 10.2. The van der Waals surface area contributed by atoms with Gasteiger partial charge in [-0.1, -0.05) is 0 Å². The number of nitrogens with zero attached hydrogens (tertiary/aromatic N) is 1. The topological polar surface area (TPSA) is 89.7 Å². The molecule has 1 N–H and O–H groups in total. The van der Waals surface area contributed by atoms with Crippen LogP contribution in [0.1, 0.15) is 12.5 Å². The van der Waals surface area contributed by atoms with Gasteiger partial charge in [-0.3, -0.25) is 10.1 Å². The monoisotopic (exact) mass is 269 g/mol. The second kappa shape index (κ2) is 5.94. The van der Waals surface area contributed by atoms with Crippen LogP contribution in [0.5, 0.6) is 5.75 Å². The predicted molar refractivity (Wildman–Crippen MR) is 64.7 cm³/mol. The number of aryl methyl sites for hydroxylation is 1. The number of nitro benzene ring substituents is 1. The largest absolute Gasteiger partial charge is 0.486 e. The van der Waals surface area contributed by atoms with E-state index >= 15 is 0 Å². The highest BCUT2D eigenvalue weighted by molar-refractivity contribution is 5.85. The first kappa shape index (κ1) is 14.6. The van der Waals surface area contributed by atoms with Crippen LogP contribution in [-0.4, -0.2) is 22.6 Å². The number of carboxylic acid groups (broad SMARTS) is 1. The van der Waals surface area contributed by atoms with Crippen LogP contribution < -0.4 is 4.74 Å². The smallest absolute Gasteiger partial charge is 0.331 e. The summed E-state index contributed by atoms with van der Waals surface area (Å²) in [5.41, 5.74) is 0.00138. The Labute approximate surface area is 108 Å². The minimum absolute atomic E-state index is 0.0686. The molecule has 0 aliphatic carbocycles.